The SMILES string of the molecule is CSCCC(Cc1cc(C)ccc1C)NN. The summed E-state index contributed by atoms with van der Waals surface area (Å²) in [6.45, 7) is 4.30. The number of hydrogen-bond acceptors (Lipinski definition) is 3. The first kappa shape index (κ1) is 13.6. The molecule has 0 aliphatic heterocycles. The summed E-state index contributed by atoms with van der Waals surface area (Å²) in [7, 11) is 0. The van der Waals surface area contributed by atoms with E-state index >= 15 is 0 Å². The molecule has 0 aliphatic carbocycles. The fraction of sp³-hybridized carbons (Fsp3) is 0.538. The lowest BCUT2D eigenvalue weighted by molar-refractivity contribution is 0.513. The third-order valence-corrected chi connectivity index (χ3v) is 3.52. The Morgan fingerprint density at radius 3 is 2.75 bits per heavy atom. The largest absolute Gasteiger partial charge is 0.271 e. The van der Waals surface area contributed by atoms with Crippen molar-refractivity contribution in [2.75, 3.05) is 12.0 Å². The normalized spacial score (nSPS) is 12.8. The van der Waals surface area contributed by atoms with Gasteiger partial charge in [-0.2, -0.15) is 11.8 Å². The fourth-order valence-corrected chi connectivity index (χ4v) is 2.31. The van der Waals surface area contributed by atoms with E-state index in [1.165, 1.54) is 16.7 Å². The molecular weight excluding hydrogens is 216 g/mol. The summed E-state index contributed by atoms with van der Waals surface area (Å²) in [5.74, 6) is 6.74. The van der Waals surface area contributed by atoms with Crippen molar-refractivity contribution in [3.05, 3.63) is 34.9 Å². The molecule has 0 bridgehead atoms. The predicted octanol–water partition coefficient (Wildman–Crippen LogP) is 2.43. The molecule has 0 spiro atoms. The van der Waals surface area contributed by atoms with Crippen molar-refractivity contribution >= 4 is 11.8 Å². The Hall–Kier alpha value is -0.510. The molecule has 3 N–H and O–H groups in total. The Kier molecular flexibility index (Phi) is 5.88. The summed E-state index contributed by atoms with van der Waals surface area (Å²) in [5, 5.41) is 0. The minimum atomic E-state index is 0.382. The lowest BCUT2D eigenvalue weighted by Crippen LogP contribution is -2.37. The first-order valence-electron chi connectivity index (χ1n) is 5.68. The number of aryl methyl sites for hydroxylation is 2. The van der Waals surface area contributed by atoms with E-state index < -0.39 is 0 Å². The molecule has 1 aromatic rings. The maximum atomic E-state index is 5.59. The van der Waals surface area contributed by atoms with Crippen LogP contribution in [0.3, 0.4) is 0 Å². The summed E-state index contributed by atoms with van der Waals surface area (Å²) in [6, 6.07) is 6.99. The monoisotopic (exact) mass is 238 g/mol. The average molecular weight is 238 g/mol. The van der Waals surface area contributed by atoms with E-state index in [9.17, 15) is 0 Å². The summed E-state index contributed by atoms with van der Waals surface area (Å²) < 4.78 is 0. The van der Waals surface area contributed by atoms with Crippen LogP contribution in [0.25, 0.3) is 0 Å². The van der Waals surface area contributed by atoms with E-state index in [0.717, 1.165) is 18.6 Å². The van der Waals surface area contributed by atoms with Gasteiger partial charge in [0.2, 0.25) is 0 Å². The molecule has 1 unspecified atom stereocenters. The van der Waals surface area contributed by atoms with Gasteiger partial charge in [-0.3, -0.25) is 11.3 Å². The second-order valence-electron chi connectivity index (χ2n) is 4.28. The van der Waals surface area contributed by atoms with Crippen LogP contribution in [0.2, 0.25) is 0 Å². The molecule has 0 saturated carbocycles. The molecule has 1 rings (SSSR count). The van der Waals surface area contributed by atoms with E-state index in [4.69, 9.17) is 5.84 Å². The zero-order valence-electron chi connectivity index (χ0n) is 10.4. The smallest absolute Gasteiger partial charge is 0.0258 e. The minimum Gasteiger partial charge on any atom is -0.271 e. The van der Waals surface area contributed by atoms with Crippen molar-refractivity contribution in [2.45, 2.75) is 32.7 Å². The summed E-state index contributed by atoms with van der Waals surface area (Å²) >= 11 is 1.87. The van der Waals surface area contributed by atoms with E-state index in [0.29, 0.717) is 6.04 Å². The van der Waals surface area contributed by atoms with Crippen molar-refractivity contribution in [1.82, 2.24) is 5.43 Å². The Balaban J connectivity index is 2.65. The van der Waals surface area contributed by atoms with Crippen molar-refractivity contribution in [1.29, 1.82) is 0 Å². The van der Waals surface area contributed by atoms with Gasteiger partial charge in [0.05, 0.1) is 0 Å². The van der Waals surface area contributed by atoms with Crippen LogP contribution in [0, 0.1) is 13.8 Å². The van der Waals surface area contributed by atoms with Crippen LogP contribution in [-0.2, 0) is 6.42 Å². The van der Waals surface area contributed by atoms with Crippen molar-refractivity contribution in [3.8, 4) is 0 Å². The molecular formula is C13H22N2S. The van der Waals surface area contributed by atoms with Gasteiger partial charge in [-0.15, -0.1) is 0 Å². The van der Waals surface area contributed by atoms with E-state index in [2.05, 4.69) is 43.7 Å². The molecule has 3 heteroatoms. The number of rotatable bonds is 6. The highest BCUT2D eigenvalue weighted by atomic mass is 32.2. The maximum Gasteiger partial charge on any atom is 0.0258 e. The van der Waals surface area contributed by atoms with Crippen molar-refractivity contribution in [3.63, 3.8) is 0 Å². The zero-order chi connectivity index (χ0) is 12.0. The molecule has 0 fully saturated rings. The molecule has 0 heterocycles. The molecule has 0 radical (unpaired) electrons. The van der Waals surface area contributed by atoms with Gasteiger partial charge in [-0.25, -0.2) is 0 Å². The Morgan fingerprint density at radius 1 is 1.38 bits per heavy atom. The molecule has 0 amide bonds. The summed E-state index contributed by atoms with van der Waals surface area (Å²) in [4.78, 5) is 0. The number of nitrogens with one attached hydrogen (secondary N) is 1. The number of nitrogens with two attached hydrogens (primary N) is 1. The van der Waals surface area contributed by atoms with Gasteiger partial charge in [0.1, 0.15) is 0 Å². The quantitative estimate of drug-likeness (QED) is 0.590. The number of hydrogen-bond donors (Lipinski definition) is 2. The minimum absolute atomic E-state index is 0.382. The highest BCUT2D eigenvalue weighted by Gasteiger charge is 2.09. The summed E-state index contributed by atoms with van der Waals surface area (Å²) in [6.07, 6.45) is 4.26. The second kappa shape index (κ2) is 6.94. The van der Waals surface area contributed by atoms with Crippen LogP contribution in [-0.4, -0.2) is 18.1 Å². The number of hydrazine groups is 1. The molecule has 0 aliphatic rings. The second-order valence-corrected chi connectivity index (χ2v) is 5.26. The first-order chi connectivity index (χ1) is 7.67. The third kappa shape index (κ3) is 4.16. The Morgan fingerprint density at radius 2 is 2.12 bits per heavy atom. The highest BCUT2D eigenvalue weighted by molar-refractivity contribution is 7.98. The van der Waals surface area contributed by atoms with Gasteiger partial charge in [-0.05, 0) is 49.8 Å². The third-order valence-electron chi connectivity index (χ3n) is 2.88. The first-order valence-corrected chi connectivity index (χ1v) is 7.08. The number of benzene rings is 1. The van der Waals surface area contributed by atoms with Crippen LogP contribution >= 0.6 is 11.8 Å². The average Bonchev–Trinajstić information content (AvgIpc) is 2.28. The molecule has 1 aromatic carbocycles. The number of thioether (sulfide) groups is 1. The molecule has 2 nitrogen and oxygen atoms in total. The zero-order valence-corrected chi connectivity index (χ0v) is 11.2. The van der Waals surface area contributed by atoms with E-state index in [1.807, 2.05) is 11.8 Å². The van der Waals surface area contributed by atoms with Crippen LogP contribution < -0.4 is 11.3 Å². The molecule has 90 valence electrons. The predicted molar refractivity (Wildman–Crippen MR) is 73.7 cm³/mol. The van der Waals surface area contributed by atoms with Crippen LogP contribution in [0.1, 0.15) is 23.1 Å². The standard InChI is InChI=1S/C13H22N2S/c1-10-4-5-11(2)12(8-10)9-13(15-14)6-7-16-3/h4-5,8,13,15H,6-7,9,14H2,1-3H3. The molecule has 0 aromatic heterocycles. The van der Waals surface area contributed by atoms with Crippen LogP contribution in [0.4, 0.5) is 0 Å². The maximum absolute atomic E-state index is 5.59. The molecule has 0 saturated heterocycles. The van der Waals surface area contributed by atoms with Crippen molar-refractivity contribution in [2.24, 2.45) is 5.84 Å². The Bertz CT molecular complexity index is 326. The summed E-state index contributed by atoms with van der Waals surface area (Å²) in [5.41, 5.74) is 7.00. The van der Waals surface area contributed by atoms with E-state index in [-0.39, 0.29) is 0 Å². The van der Waals surface area contributed by atoms with Gasteiger partial charge in [-0.1, -0.05) is 23.8 Å². The van der Waals surface area contributed by atoms with Crippen LogP contribution in [0.5, 0.6) is 0 Å². The van der Waals surface area contributed by atoms with Crippen molar-refractivity contribution < 1.29 is 0 Å². The Labute approximate surface area is 103 Å². The van der Waals surface area contributed by atoms with Gasteiger partial charge >= 0.3 is 0 Å². The van der Waals surface area contributed by atoms with E-state index in [1.54, 1.807) is 0 Å². The lowest BCUT2D eigenvalue weighted by atomic mass is 9.98. The van der Waals surface area contributed by atoms with Gasteiger partial charge in [0.25, 0.3) is 0 Å². The van der Waals surface area contributed by atoms with Crippen LogP contribution in [0.15, 0.2) is 18.2 Å². The van der Waals surface area contributed by atoms with Gasteiger partial charge in [0.15, 0.2) is 0 Å². The topological polar surface area (TPSA) is 38.0 Å². The fourth-order valence-electron chi connectivity index (χ4n) is 1.79. The lowest BCUT2D eigenvalue weighted by Gasteiger charge is -2.17. The highest BCUT2D eigenvalue weighted by Crippen LogP contribution is 2.14. The molecule has 16 heavy (non-hydrogen) atoms. The van der Waals surface area contributed by atoms with Gasteiger partial charge < -0.3 is 0 Å². The van der Waals surface area contributed by atoms with Gasteiger partial charge in [0, 0.05) is 6.04 Å². The molecule has 1 atom stereocenters.